The van der Waals surface area contributed by atoms with Crippen LogP contribution in [0.5, 0.6) is 11.5 Å². The molecule has 9 heteroatoms. The lowest BCUT2D eigenvalue weighted by atomic mass is 10.1. The predicted octanol–water partition coefficient (Wildman–Crippen LogP) is 4.98. The number of benzene rings is 3. The van der Waals surface area contributed by atoms with Crippen LogP contribution >= 0.6 is 11.8 Å². The molecule has 0 saturated carbocycles. The lowest BCUT2D eigenvalue weighted by molar-refractivity contribution is -0.138. The molecule has 0 radical (unpaired) electrons. The van der Waals surface area contributed by atoms with Crippen molar-refractivity contribution in [2.75, 3.05) is 24.9 Å². The van der Waals surface area contributed by atoms with Gasteiger partial charge in [0.2, 0.25) is 11.8 Å². The van der Waals surface area contributed by atoms with E-state index in [9.17, 15) is 14.4 Å². The topological polar surface area (TPSA) is 114 Å². The molecule has 8 nitrogen and oxygen atoms in total. The molecule has 0 spiro atoms. The first-order valence-electron chi connectivity index (χ1n) is 10.8. The van der Waals surface area contributed by atoms with Crippen molar-refractivity contribution in [3.8, 4) is 11.5 Å². The van der Waals surface area contributed by atoms with Crippen molar-refractivity contribution in [3.05, 3.63) is 78.4 Å². The number of amides is 2. The Bertz CT molecular complexity index is 1190. The third kappa shape index (κ3) is 7.51. The molecule has 0 heterocycles. The lowest BCUT2D eigenvalue weighted by Crippen LogP contribution is -2.19. The number of nitrogens with one attached hydrogen (secondary N) is 2. The SMILES string of the molecule is COc1ccc(OC)c(NC(=O)C(Sc2cccc(NC(=O)CCC(=O)O)c2)c2ccccc2)c1. The summed E-state index contributed by atoms with van der Waals surface area (Å²) in [6.45, 7) is 0. The smallest absolute Gasteiger partial charge is 0.303 e. The van der Waals surface area contributed by atoms with Crippen LogP contribution < -0.4 is 20.1 Å². The number of ether oxygens (including phenoxy) is 2. The number of carboxylic acids is 1. The van der Waals surface area contributed by atoms with Crippen molar-refractivity contribution in [3.63, 3.8) is 0 Å². The maximum atomic E-state index is 13.4. The van der Waals surface area contributed by atoms with Gasteiger partial charge in [-0.2, -0.15) is 0 Å². The third-order valence-electron chi connectivity index (χ3n) is 4.94. The summed E-state index contributed by atoms with van der Waals surface area (Å²) in [7, 11) is 3.07. The van der Waals surface area contributed by atoms with Crippen LogP contribution in [0, 0.1) is 0 Å². The average Bonchev–Trinajstić information content (AvgIpc) is 2.86. The summed E-state index contributed by atoms with van der Waals surface area (Å²) in [5.41, 5.74) is 1.80. The van der Waals surface area contributed by atoms with Crippen LogP contribution in [0.3, 0.4) is 0 Å². The van der Waals surface area contributed by atoms with E-state index in [-0.39, 0.29) is 18.7 Å². The van der Waals surface area contributed by atoms with E-state index in [2.05, 4.69) is 10.6 Å². The van der Waals surface area contributed by atoms with E-state index in [1.807, 2.05) is 36.4 Å². The zero-order chi connectivity index (χ0) is 25.2. The van der Waals surface area contributed by atoms with Gasteiger partial charge in [0.05, 0.1) is 26.3 Å². The molecule has 0 saturated heterocycles. The summed E-state index contributed by atoms with van der Waals surface area (Å²) in [6.07, 6.45) is -0.367. The van der Waals surface area contributed by atoms with Crippen molar-refractivity contribution in [1.82, 2.24) is 0 Å². The third-order valence-corrected chi connectivity index (χ3v) is 6.19. The van der Waals surface area contributed by atoms with Crippen molar-refractivity contribution in [1.29, 1.82) is 0 Å². The highest BCUT2D eigenvalue weighted by atomic mass is 32.2. The van der Waals surface area contributed by atoms with Gasteiger partial charge in [0.1, 0.15) is 16.7 Å². The molecule has 1 atom stereocenters. The monoisotopic (exact) mass is 494 g/mol. The maximum absolute atomic E-state index is 13.4. The van der Waals surface area contributed by atoms with Gasteiger partial charge in [-0.25, -0.2) is 0 Å². The zero-order valence-electron chi connectivity index (χ0n) is 19.3. The molecule has 0 aliphatic rings. The van der Waals surface area contributed by atoms with Crippen LogP contribution in [0.1, 0.15) is 23.7 Å². The number of hydrogen-bond donors (Lipinski definition) is 3. The van der Waals surface area contributed by atoms with Crippen LogP contribution in [-0.2, 0) is 14.4 Å². The standard InChI is InChI=1S/C26H26N2O6S/c1-33-19-11-12-22(34-2)21(16-19)28-26(32)25(17-7-4-3-5-8-17)35-20-10-6-9-18(15-20)27-23(29)13-14-24(30)31/h3-12,15-16,25H,13-14H2,1-2H3,(H,27,29)(H,28,32)(H,30,31). The Kier molecular flexibility index (Phi) is 9.14. The Labute approximate surface area is 207 Å². The molecule has 3 aromatic rings. The number of methoxy groups -OCH3 is 2. The summed E-state index contributed by atoms with van der Waals surface area (Å²) in [4.78, 5) is 36.9. The Hall–Kier alpha value is -3.98. The molecule has 3 aromatic carbocycles. The maximum Gasteiger partial charge on any atom is 0.303 e. The lowest BCUT2D eigenvalue weighted by Gasteiger charge is -2.19. The first kappa shape index (κ1) is 25.6. The predicted molar refractivity (Wildman–Crippen MR) is 135 cm³/mol. The summed E-state index contributed by atoms with van der Waals surface area (Å²) >= 11 is 1.32. The molecule has 0 aliphatic carbocycles. The molecule has 182 valence electrons. The second kappa shape index (κ2) is 12.5. The van der Waals surface area contributed by atoms with Gasteiger partial charge in [-0.1, -0.05) is 36.4 Å². The quantitative estimate of drug-likeness (QED) is 0.322. The Balaban J connectivity index is 1.82. The van der Waals surface area contributed by atoms with Gasteiger partial charge in [-0.3, -0.25) is 14.4 Å². The first-order chi connectivity index (χ1) is 16.9. The van der Waals surface area contributed by atoms with Crippen LogP contribution in [0.25, 0.3) is 0 Å². The second-order valence-electron chi connectivity index (χ2n) is 7.43. The van der Waals surface area contributed by atoms with Gasteiger partial charge in [-0.15, -0.1) is 11.8 Å². The van der Waals surface area contributed by atoms with Crippen molar-refractivity contribution < 1.29 is 29.0 Å². The largest absolute Gasteiger partial charge is 0.497 e. The highest BCUT2D eigenvalue weighted by molar-refractivity contribution is 8.00. The molecule has 0 bridgehead atoms. The number of anilines is 2. The fourth-order valence-electron chi connectivity index (χ4n) is 3.24. The highest BCUT2D eigenvalue weighted by Crippen LogP contribution is 2.38. The molecule has 0 aliphatic heterocycles. The minimum absolute atomic E-state index is 0.121. The Morgan fingerprint density at radius 2 is 1.66 bits per heavy atom. The van der Waals surface area contributed by atoms with E-state index in [0.717, 1.165) is 10.5 Å². The van der Waals surface area contributed by atoms with Gasteiger partial charge < -0.3 is 25.2 Å². The number of thioether (sulfide) groups is 1. The van der Waals surface area contributed by atoms with Crippen LogP contribution in [0.15, 0.2) is 77.7 Å². The molecule has 3 rings (SSSR count). The highest BCUT2D eigenvalue weighted by Gasteiger charge is 2.23. The number of carbonyl (C=O) groups is 3. The van der Waals surface area contributed by atoms with E-state index in [1.54, 1.807) is 43.5 Å². The van der Waals surface area contributed by atoms with E-state index >= 15 is 0 Å². The first-order valence-corrected chi connectivity index (χ1v) is 11.6. The second-order valence-corrected chi connectivity index (χ2v) is 8.61. The zero-order valence-corrected chi connectivity index (χ0v) is 20.1. The van der Waals surface area contributed by atoms with E-state index in [4.69, 9.17) is 14.6 Å². The van der Waals surface area contributed by atoms with Gasteiger partial charge in [0, 0.05) is 23.1 Å². The summed E-state index contributed by atoms with van der Waals surface area (Å²) in [5.74, 6) is -0.604. The number of hydrogen-bond acceptors (Lipinski definition) is 6. The molecular weight excluding hydrogens is 468 g/mol. The van der Waals surface area contributed by atoms with Gasteiger partial charge in [0.15, 0.2) is 0 Å². The minimum Gasteiger partial charge on any atom is -0.497 e. The number of carbonyl (C=O) groups excluding carboxylic acids is 2. The number of aliphatic carboxylic acids is 1. The van der Waals surface area contributed by atoms with E-state index in [0.29, 0.717) is 22.9 Å². The van der Waals surface area contributed by atoms with Gasteiger partial charge in [0.25, 0.3) is 0 Å². The molecule has 1 unspecified atom stereocenters. The van der Waals surface area contributed by atoms with Crippen molar-refractivity contribution in [2.24, 2.45) is 0 Å². The number of carboxylic acid groups (broad SMARTS) is 1. The van der Waals surface area contributed by atoms with Gasteiger partial charge in [-0.05, 0) is 35.9 Å². The molecular formula is C26H26N2O6S. The molecule has 2 amide bonds. The summed E-state index contributed by atoms with van der Waals surface area (Å²) < 4.78 is 10.7. The Morgan fingerprint density at radius 3 is 2.34 bits per heavy atom. The van der Waals surface area contributed by atoms with E-state index in [1.165, 1.54) is 18.9 Å². The average molecular weight is 495 g/mol. The van der Waals surface area contributed by atoms with Crippen LogP contribution in [0.4, 0.5) is 11.4 Å². The minimum atomic E-state index is -1.03. The van der Waals surface area contributed by atoms with Crippen molar-refractivity contribution >= 4 is 40.9 Å². The van der Waals surface area contributed by atoms with Gasteiger partial charge >= 0.3 is 5.97 Å². The van der Waals surface area contributed by atoms with Crippen LogP contribution in [-0.4, -0.2) is 37.1 Å². The normalized spacial score (nSPS) is 11.3. The molecule has 0 aromatic heterocycles. The number of rotatable bonds is 11. The van der Waals surface area contributed by atoms with E-state index < -0.39 is 17.1 Å². The summed E-state index contributed by atoms with van der Waals surface area (Å²) in [6, 6.07) is 21.6. The van der Waals surface area contributed by atoms with Crippen molar-refractivity contribution in [2.45, 2.75) is 23.0 Å². The molecule has 3 N–H and O–H groups in total. The summed E-state index contributed by atoms with van der Waals surface area (Å²) in [5, 5.41) is 13.8. The molecule has 35 heavy (non-hydrogen) atoms. The Morgan fingerprint density at radius 1 is 0.886 bits per heavy atom. The fourth-order valence-corrected chi connectivity index (χ4v) is 4.32. The van der Waals surface area contributed by atoms with Crippen LogP contribution in [0.2, 0.25) is 0 Å². The fraction of sp³-hybridized carbons (Fsp3) is 0.192. The molecule has 0 fully saturated rings.